The predicted octanol–water partition coefficient (Wildman–Crippen LogP) is 2.93. The number of aliphatic hydroxyl groups excluding tert-OH is 1. The van der Waals surface area contributed by atoms with E-state index in [4.69, 9.17) is 14.6 Å². The minimum Gasteiger partial charge on any atom is -0.490 e. The number of nitrogens with one attached hydrogen (secondary N) is 1. The number of hydrogen-bond donors (Lipinski definition) is 2. The van der Waals surface area contributed by atoms with Gasteiger partial charge < -0.3 is 19.9 Å². The van der Waals surface area contributed by atoms with Gasteiger partial charge in [0.25, 0.3) is 0 Å². The first-order chi connectivity index (χ1) is 11.7. The molecule has 0 aliphatic carbocycles. The van der Waals surface area contributed by atoms with Crippen LogP contribution in [0.3, 0.4) is 0 Å². The van der Waals surface area contributed by atoms with E-state index in [0.29, 0.717) is 24.7 Å². The van der Waals surface area contributed by atoms with Crippen LogP contribution in [0.15, 0.2) is 42.5 Å². The molecule has 0 heterocycles. The second kappa shape index (κ2) is 9.90. The number of halogens is 1. The molecule has 0 radical (unpaired) electrons. The Hall–Kier alpha value is -2.11. The highest BCUT2D eigenvalue weighted by Gasteiger charge is 2.06. The van der Waals surface area contributed by atoms with Crippen LogP contribution in [0.2, 0.25) is 0 Å². The third-order valence-corrected chi connectivity index (χ3v) is 3.49. The summed E-state index contributed by atoms with van der Waals surface area (Å²) in [5.74, 6) is 1.11. The molecule has 5 heteroatoms. The maximum absolute atomic E-state index is 12.9. The van der Waals surface area contributed by atoms with Crippen molar-refractivity contribution in [2.45, 2.75) is 19.9 Å². The van der Waals surface area contributed by atoms with Gasteiger partial charge in [0.15, 0.2) is 11.5 Å². The van der Waals surface area contributed by atoms with Crippen LogP contribution in [-0.4, -0.2) is 31.5 Å². The second-order valence-corrected chi connectivity index (χ2v) is 5.34. The first-order valence-electron chi connectivity index (χ1n) is 8.17. The third-order valence-electron chi connectivity index (χ3n) is 3.49. The normalized spacial score (nSPS) is 10.6. The van der Waals surface area contributed by atoms with E-state index >= 15 is 0 Å². The fourth-order valence-electron chi connectivity index (χ4n) is 2.32. The molecule has 2 rings (SSSR count). The summed E-state index contributed by atoms with van der Waals surface area (Å²) in [6.45, 7) is 4.20. The molecule has 0 aromatic heterocycles. The van der Waals surface area contributed by atoms with Crippen molar-refractivity contribution >= 4 is 0 Å². The molecule has 2 N–H and O–H groups in total. The number of benzene rings is 2. The SMILES string of the molecule is CCOc1cc(CNCCc2ccc(F)cc2)ccc1OCCO. The molecule has 0 saturated heterocycles. The largest absolute Gasteiger partial charge is 0.490 e. The van der Waals surface area contributed by atoms with Gasteiger partial charge in [-0.15, -0.1) is 0 Å². The van der Waals surface area contributed by atoms with Crippen LogP contribution >= 0.6 is 0 Å². The molecule has 0 amide bonds. The minimum atomic E-state index is -0.210. The summed E-state index contributed by atoms with van der Waals surface area (Å²) < 4.78 is 23.9. The molecule has 0 unspecified atom stereocenters. The van der Waals surface area contributed by atoms with Crippen molar-refractivity contribution in [3.05, 3.63) is 59.4 Å². The number of ether oxygens (including phenoxy) is 2. The molecule has 0 aliphatic rings. The number of aliphatic hydroxyl groups is 1. The molecule has 0 atom stereocenters. The average Bonchev–Trinajstić information content (AvgIpc) is 2.60. The summed E-state index contributed by atoms with van der Waals surface area (Å²) in [4.78, 5) is 0. The fourth-order valence-corrected chi connectivity index (χ4v) is 2.32. The van der Waals surface area contributed by atoms with Gasteiger partial charge in [0.1, 0.15) is 12.4 Å². The Morgan fingerprint density at radius 3 is 2.46 bits per heavy atom. The van der Waals surface area contributed by atoms with Crippen molar-refractivity contribution in [3.8, 4) is 11.5 Å². The zero-order valence-corrected chi connectivity index (χ0v) is 13.9. The van der Waals surface area contributed by atoms with Gasteiger partial charge in [-0.25, -0.2) is 4.39 Å². The van der Waals surface area contributed by atoms with E-state index < -0.39 is 0 Å². The van der Waals surface area contributed by atoms with Crippen LogP contribution in [0.5, 0.6) is 11.5 Å². The molecule has 0 saturated carbocycles. The van der Waals surface area contributed by atoms with E-state index in [9.17, 15) is 4.39 Å². The van der Waals surface area contributed by atoms with Crippen molar-refractivity contribution < 1.29 is 19.0 Å². The molecule has 0 fully saturated rings. The molecule has 0 spiro atoms. The van der Waals surface area contributed by atoms with E-state index in [-0.39, 0.29) is 19.0 Å². The molecule has 4 nitrogen and oxygen atoms in total. The average molecular weight is 333 g/mol. The monoisotopic (exact) mass is 333 g/mol. The summed E-state index contributed by atoms with van der Waals surface area (Å²) in [6.07, 6.45) is 0.844. The Kier molecular flexibility index (Phi) is 7.52. The molecule has 2 aromatic carbocycles. The zero-order valence-electron chi connectivity index (χ0n) is 13.9. The lowest BCUT2D eigenvalue weighted by Gasteiger charge is -2.13. The Morgan fingerprint density at radius 1 is 1.00 bits per heavy atom. The first-order valence-corrected chi connectivity index (χ1v) is 8.17. The van der Waals surface area contributed by atoms with Crippen molar-refractivity contribution in [1.82, 2.24) is 5.32 Å². The van der Waals surface area contributed by atoms with Gasteiger partial charge in [-0.1, -0.05) is 18.2 Å². The quantitative estimate of drug-likeness (QED) is 0.657. The summed E-state index contributed by atoms with van der Waals surface area (Å²) in [7, 11) is 0. The maximum Gasteiger partial charge on any atom is 0.161 e. The number of hydrogen-bond acceptors (Lipinski definition) is 4. The van der Waals surface area contributed by atoms with Crippen molar-refractivity contribution in [3.63, 3.8) is 0 Å². The van der Waals surface area contributed by atoms with E-state index in [1.165, 1.54) is 12.1 Å². The van der Waals surface area contributed by atoms with Gasteiger partial charge in [-0.05, 0) is 55.3 Å². The standard InChI is InChI=1S/C19H24FNO3/c1-2-23-19-13-16(5-8-18(19)24-12-11-22)14-21-10-9-15-3-6-17(20)7-4-15/h3-8,13,21-22H,2,9-12,14H2,1H3. The molecule has 0 aliphatic heterocycles. The van der Waals surface area contributed by atoms with Crippen LogP contribution in [0.1, 0.15) is 18.1 Å². The van der Waals surface area contributed by atoms with E-state index in [1.807, 2.05) is 25.1 Å². The molecular formula is C19H24FNO3. The van der Waals surface area contributed by atoms with Crippen LogP contribution in [0.4, 0.5) is 4.39 Å². The lowest BCUT2D eigenvalue weighted by molar-refractivity contribution is 0.194. The summed E-state index contributed by atoms with van der Waals surface area (Å²) in [5.41, 5.74) is 2.19. The van der Waals surface area contributed by atoms with E-state index in [1.54, 1.807) is 12.1 Å². The lowest BCUT2D eigenvalue weighted by Crippen LogP contribution is -2.16. The van der Waals surface area contributed by atoms with Crippen LogP contribution in [0.25, 0.3) is 0 Å². The topological polar surface area (TPSA) is 50.7 Å². The molecule has 24 heavy (non-hydrogen) atoms. The van der Waals surface area contributed by atoms with Crippen molar-refractivity contribution in [1.29, 1.82) is 0 Å². The summed E-state index contributed by atoms with van der Waals surface area (Å²) >= 11 is 0. The first kappa shape index (κ1) is 18.2. The molecule has 0 bridgehead atoms. The van der Waals surface area contributed by atoms with Gasteiger partial charge in [-0.2, -0.15) is 0 Å². The van der Waals surface area contributed by atoms with Gasteiger partial charge in [-0.3, -0.25) is 0 Å². The number of rotatable bonds is 10. The maximum atomic E-state index is 12.9. The van der Waals surface area contributed by atoms with Crippen LogP contribution < -0.4 is 14.8 Å². The third kappa shape index (κ3) is 5.83. The van der Waals surface area contributed by atoms with Crippen molar-refractivity contribution in [2.75, 3.05) is 26.4 Å². The lowest BCUT2D eigenvalue weighted by atomic mass is 10.1. The molecule has 130 valence electrons. The summed E-state index contributed by atoms with van der Waals surface area (Å²) in [6, 6.07) is 12.3. The van der Waals surface area contributed by atoms with Gasteiger partial charge in [0, 0.05) is 6.54 Å². The predicted molar refractivity (Wildman–Crippen MR) is 92.0 cm³/mol. The van der Waals surface area contributed by atoms with Crippen LogP contribution in [0, 0.1) is 5.82 Å². The smallest absolute Gasteiger partial charge is 0.161 e. The Labute approximate surface area is 142 Å². The highest BCUT2D eigenvalue weighted by Crippen LogP contribution is 2.28. The van der Waals surface area contributed by atoms with Gasteiger partial charge in [0.2, 0.25) is 0 Å². The Morgan fingerprint density at radius 2 is 1.75 bits per heavy atom. The second-order valence-electron chi connectivity index (χ2n) is 5.34. The van der Waals surface area contributed by atoms with Crippen molar-refractivity contribution in [2.24, 2.45) is 0 Å². The van der Waals surface area contributed by atoms with Crippen LogP contribution in [-0.2, 0) is 13.0 Å². The Bertz CT molecular complexity index is 617. The highest BCUT2D eigenvalue weighted by atomic mass is 19.1. The van der Waals surface area contributed by atoms with Gasteiger partial charge in [0.05, 0.1) is 13.2 Å². The fraction of sp³-hybridized carbons (Fsp3) is 0.368. The Balaban J connectivity index is 1.85. The highest BCUT2D eigenvalue weighted by molar-refractivity contribution is 5.43. The van der Waals surface area contributed by atoms with E-state index in [2.05, 4.69) is 5.32 Å². The zero-order chi connectivity index (χ0) is 17.2. The molecule has 2 aromatic rings. The molecular weight excluding hydrogens is 309 g/mol. The minimum absolute atomic E-state index is 0.0295. The summed E-state index contributed by atoms with van der Waals surface area (Å²) in [5, 5.41) is 12.2. The van der Waals surface area contributed by atoms with E-state index in [0.717, 1.165) is 24.1 Å². The van der Waals surface area contributed by atoms with Gasteiger partial charge >= 0.3 is 0 Å².